The van der Waals surface area contributed by atoms with Crippen LogP contribution in [0.15, 0.2) is 66.7 Å². The lowest BCUT2D eigenvalue weighted by Crippen LogP contribution is -2.70. The van der Waals surface area contributed by atoms with Crippen molar-refractivity contribution < 1.29 is 86.5 Å². The predicted molar refractivity (Wildman–Crippen MR) is 354 cm³/mol. The Hall–Kier alpha value is -9.26. The summed E-state index contributed by atoms with van der Waals surface area (Å²) < 4.78 is 42.4. The lowest BCUT2D eigenvalue weighted by molar-refractivity contribution is -0.215. The molecule has 2 saturated heterocycles. The second-order valence-electron chi connectivity index (χ2n) is 26.1. The van der Waals surface area contributed by atoms with Crippen LogP contribution >= 0.6 is 11.8 Å². The maximum absolute atomic E-state index is 15.7. The van der Waals surface area contributed by atoms with Gasteiger partial charge in [0.15, 0.2) is 28.5 Å². The average molecular weight is 1370 g/mol. The van der Waals surface area contributed by atoms with Gasteiger partial charge in [0, 0.05) is 121 Å². The van der Waals surface area contributed by atoms with Crippen molar-refractivity contribution in [2.45, 2.75) is 127 Å². The molecule has 5 aromatic rings. The third-order valence-electron chi connectivity index (χ3n) is 19.2. The molecule has 9 aliphatic heterocycles. The number of hydrogen-bond donors (Lipinski definition) is 9. The number of imide groups is 1. The van der Waals surface area contributed by atoms with E-state index in [2.05, 4.69) is 36.9 Å². The number of rotatable bonds is 21. The molecule has 0 aliphatic carbocycles. The molecule has 1 spiro atoms. The largest absolute Gasteiger partial charge is 0.504 e. The number of hydrogen-bond acceptors (Lipinski definition) is 22. The minimum absolute atomic E-state index is 0.000382. The first-order chi connectivity index (χ1) is 46.9. The number of phenols is 1. The Kier molecular flexibility index (Phi) is 19.6. The number of fused-ring (bicyclic) bond motifs is 8. The minimum atomic E-state index is -1.62. The first kappa shape index (κ1) is 68.7. The number of aromatic hydroxyl groups is 1. The van der Waals surface area contributed by atoms with Crippen LogP contribution in [0.2, 0.25) is 0 Å². The number of esters is 2. The number of piperazine rings is 1. The topological polar surface area (TPSA) is 356 Å². The minimum Gasteiger partial charge on any atom is -0.504 e. The molecule has 7 amide bonds. The van der Waals surface area contributed by atoms with E-state index in [9.17, 15) is 48.6 Å². The van der Waals surface area contributed by atoms with Gasteiger partial charge in [0.05, 0.1) is 43.4 Å². The Morgan fingerprint density at radius 3 is 2.35 bits per heavy atom. The molecule has 0 saturated carbocycles. The van der Waals surface area contributed by atoms with Gasteiger partial charge in [0.2, 0.25) is 30.4 Å². The molecule has 520 valence electrons. The fourth-order valence-corrected chi connectivity index (χ4v) is 16.4. The third-order valence-corrected chi connectivity index (χ3v) is 20.6. The summed E-state index contributed by atoms with van der Waals surface area (Å²) in [5, 5.41) is 43.3. The van der Waals surface area contributed by atoms with Gasteiger partial charge in [-0.3, -0.25) is 53.6 Å². The Morgan fingerprint density at radius 2 is 1.61 bits per heavy atom. The Morgan fingerprint density at radius 1 is 0.867 bits per heavy atom. The van der Waals surface area contributed by atoms with Gasteiger partial charge in [-0.2, -0.15) is 0 Å². The monoisotopic (exact) mass is 1370 g/mol. The summed E-state index contributed by atoms with van der Waals surface area (Å²) in [4.78, 5) is 126. The number of carbonyl (C=O) groups is 9. The summed E-state index contributed by atoms with van der Waals surface area (Å²) in [6.07, 6.45) is 1.84. The number of aliphatic hydroxyl groups is 1. The number of aryl methyl sites for hydroxylation is 1. The average Bonchev–Trinajstić information content (AvgIpc) is 1.23. The summed E-state index contributed by atoms with van der Waals surface area (Å²) in [5.41, 5.74) is 3.61. The highest BCUT2D eigenvalue weighted by molar-refractivity contribution is 7.99. The quantitative estimate of drug-likeness (QED) is 0.0218. The van der Waals surface area contributed by atoms with Gasteiger partial charge in [-0.05, 0) is 80.6 Å². The first-order valence-electron chi connectivity index (χ1n) is 32.6. The highest BCUT2D eigenvalue weighted by atomic mass is 32.2. The standard InChI is InChI=1S/C69H80N10O18S/c1-34(2)54(75-48(82)20-23-92-24-21-70-47(81)19-22-78-49(83)17-18-50(78)84)65(87)72-37(5)64(86)73-41-15-13-39(14-16-41)29-94-67(89)71-28-42-26-44-43-11-9-10-12-45(43)74-63(44)69(76-42)32-98-62-53-52(61-60(95-33-96-61)36(4)59(53)97-38(6)80)46(30-93-66(69)88)79-56(62)55-51-40(27-68(79,90)31-77(55)7)25-35(3)58(91-8)57(51)85/h9-18,25,34,37,42,46,54-56,62,74,76,85,90H,19-24,26-33H2,1-8H3,(H,70,81)(H,71,89)(H,72,87)(H,73,86)(H,75,82)/t37-,42-,46?,54-,55-,56+,62+,68?,69+/m0/s1. The fraction of sp³-hybridized carbons (Fsp3) is 0.464. The van der Waals surface area contributed by atoms with Crippen LogP contribution in [0.3, 0.4) is 0 Å². The lowest BCUT2D eigenvalue weighted by Gasteiger charge is -2.60. The zero-order valence-electron chi connectivity index (χ0n) is 55.5. The van der Waals surface area contributed by atoms with Crippen molar-refractivity contribution in [3.05, 3.63) is 117 Å². The normalized spacial score (nSPS) is 24.0. The fourth-order valence-electron chi connectivity index (χ4n) is 14.8. The number of benzene rings is 4. The maximum Gasteiger partial charge on any atom is 0.407 e. The molecule has 14 rings (SSSR count). The Balaban J connectivity index is 0.699. The number of nitrogens with zero attached hydrogens (tertiary/aromatic N) is 3. The van der Waals surface area contributed by atoms with Crippen molar-refractivity contribution in [2.24, 2.45) is 5.92 Å². The number of phenolic OH excluding ortho intramolecular Hbond substituents is 1. The summed E-state index contributed by atoms with van der Waals surface area (Å²) in [5.74, 6) is -3.18. The molecule has 4 aromatic carbocycles. The van der Waals surface area contributed by atoms with E-state index in [0.717, 1.165) is 39.1 Å². The summed E-state index contributed by atoms with van der Waals surface area (Å²) in [6, 6.07) is 11.4. The number of anilines is 1. The van der Waals surface area contributed by atoms with Crippen molar-refractivity contribution in [3.63, 3.8) is 0 Å². The van der Waals surface area contributed by atoms with Crippen LogP contribution in [0.4, 0.5) is 10.5 Å². The summed E-state index contributed by atoms with van der Waals surface area (Å²) in [6.45, 7) is 9.68. The number of aromatic amines is 1. The maximum atomic E-state index is 15.7. The molecule has 9 N–H and O–H groups in total. The molecule has 0 radical (unpaired) electrons. The molecule has 10 atom stereocenters. The van der Waals surface area contributed by atoms with Crippen molar-refractivity contribution in [3.8, 4) is 28.7 Å². The number of ether oxygens (including phenoxy) is 7. The molecule has 98 heavy (non-hydrogen) atoms. The number of amides is 7. The van der Waals surface area contributed by atoms with Gasteiger partial charge in [0.25, 0.3) is 11.8 Å². The van der Waals surface area contributed by atoms with Crippen molar-refractivity contribution >= 4 is 81.8 Å². The molecule has 1 aromatic heterocycles. The van der Waals surface area contributed by atoms with E-state index >= 15 is 4.79 Å². The second-order valence-corrected chi connectivity index (χ2v) is 27.2. The molecule has 9 aliphatic rings. The van der Waals surface area contributed by atoms with Crippen LogP contribution in [0.1, 0.15) is 108 Å². The molecule has 4 bridgehead atoms. The highest BCUT2D eigenvalue weighted by Crippen LogP contribution is 2.65. The number of nitrogens with one attached hydrogen (secondary N) is 7. The van der Waals surface area contributed by atoms with E-state index in [0.29, 0.717) is 68.4 Å². The SMILES string of the molecule is COc1c(C)cc2c(c1O)[C@H]1[C@@H]3[C@@H]4SC[C@]5(N[C@H](CNC(=O)OCc6ccc(NC(=O)[C@H](C)NC(=O)[C@@H](NC(=O)CCOCCNC(=O)CCN7C(=O)C=CC7=O)C(C)C)cc6)Cc6c5[nH]c5ccccc65)C(=O)OCC(c5c6c(c(C)c(OC(C)=O)c54)OCO6)N3C(O)(C2)CN1C. The number of alkyl carbamates (subject to hydrolysis) is 1. The van der Waals surface area contributed by atoms with Gasteiger partial charge in [-0.25, -0.2) is 9.59 Å². The summed E-state index contributed by atoms with van der Waals surface area (Å²) >= 11 is 1.41. The number of H-pyrrole nitrogens is 1. The van der Waals surface area contributed by atoms with Gasteiger partial charge < -0.3 is 74.9 Å². The van der Waals surface area contributed by atoms with Crippen molar-refractivity contribution in [2.75, 3.05) is 78.0 Å². The van der Waals surface area contributed by atoms with E-state index in [-0.39, 0.29) is 108 Å². The van der Waals surface area contributed by atoms with Crippen LogP contribution < -0.4 is 50.8 Å². The van der Waals surface area contributed by atoms with Gasteiger partial charge in [-0.15, -0.1) is 11.8 Å². The number of methoxy groups -OCH3 is 1. The molecule has 29 heteroatoms. The van der Waals surface area contributed by atoms with E-state index in [4.69, 9.17) is 33.2 Å². The Bertz CT molecular complexity index is 4070. The first-order valence-corrected chi connectivity index (χ1v) is 33.6. The molecular formula is C69H80N10O18S. The Labute approximate surface area is 568 Å². The number of likely N-dealkylation sites (N-methyl/N-ethyl adjacent to an activating group) is 1. The van der Waals surface area contributed by atoms with Crippen molar-refractivity contribution in [1.82, 2.24) is 46.3 Å². The number of para-hydroxylation sites is 1. The molecular weight excluding hydrogens is 1290 g/mol. The van der Waals surface area contributed by atoms with Crippen LogP contribution in [0, 0.1) is 19.8 Å². The van der Waals surface area contributed by atoms with Crippen LogP contribution in [0.25, 0.3) is 10.9 Å². The third kappa shape index (κ3) is 13.1. The number of carbonyl (C=O) groups excluding carboxylic acids is 9. The molecule has 28 nitrogen and oxygen atoms in total. The molecule has 2 fully saturated rings. The van der Waals surface area contributed by atoms with E-state index in [1.54, 1.807) is 45.0 Å². The predicted octanol–water partition coefficient (Wildman–Crippen LogP) is 3.90. The highest BCUT2D eigenvalue weighted by Gasteiger charge is 2.64. The lowest BCUT2D eigenvalue weighted by atomic mass is 9.78. The zero-order chi connectivity index (χ0) is 69.6. The van der Waals surface area contributed by atoms with Crippen molar-refractivity contribution in [1.29, 1.82) is 0 Å². The van der Waals surface area contributed by atoms with Gasteiger partial charge in [0.1, 0.15) is 36.8 Å². The van der Waals surface area contributed by atoms with E-state index < -0.39 is 100 Å². The van der Waals surface area contributed by atoms with Crippen LogP contribution in [0.5, 0.6) is 28.7 Å². The number of thioether (sulfide) groups is 1. The smallest absolute Gasteiger partial charge is 0.407 e. The van der Waals surface area contributed by atoms with Gasteiger partial charge >= 0.3 is 18.0 Å². The van der Waals surface area contributed by atoms with Crippen LogP contribution in [-0.2, 0) is 77.6 Å². The second kappa shape index (κ2) is 27.9. The molecule has 10 heterocycles. The zero-order valence-corrected chi connectivity index (χ0v) is 56.4. The number of aromatic nitrogens is 1. The summed E-state index contributed by atoms with van der Waals surface area (Å²) in [7, 11) is 3.41. The van der Waals surface area contributed by atoms with Gasteiger partial charge in [-0.1, -0.05) is 50.2 Å². The van der Waals surface area contributed by atoms with E-state index in [1.807, 2.05) is 54.1 Å². The van der Waals surface area contributed by atoms with E-state index in [1.165, 1.54) is 32.7 Å². The van der Waals surface area contributed by atoms with Crippen LogP contribution in [-0.4, -0.2) is 186 Å². The molecule has 3 unspecified atom stereocenters.